The van der Waals surface area contributed by atoms with Crippen LogP contribution in [0.15, 0.2) is 235 Å². The monoisotopic (exact) mass is 747 g/mol. The quantitative estimate of drug-likeness (QED) is 0.154. The normalized spacial score (nSPS) is 13.8. The fourth-order valence-electron chi connectivity index (χ4n) is 8.91. The summed E-state index contributed by atoms with van der Waals surface area (Å²) in [6.07, 6.45) is 0. The topological polar surface area (TPSA) is 19.6 Å². The van der Waals surface area contributed by atoms with Gasteiger partial charge in [0.15, 0.2) is 0 Å². The third kappa shape index (κ3) is 5.36. The molecule has 0 atom stereocenters. The maximum absolute atomic E-state index is 9.68. The molecule has 1 aliphatic carbocycles. The molecule has 1 heterocycles. The van der Waals surface area contributed by atoms with Crippen molar-refractivity contribution in [3.05, 3.63) is 253 Å². The summed E-state index contributed by atoms with van der Waals surface area (Å²) in [5.41, 5.74) is 10.1. The van der Waals surface area contributed by atoms with Crippen LogP contribution in [0.3, 0.4) is 0 Å². The van der Waals surface area contributed by atoms with Gasteiger partial charge in [0.2, 0.25) is 0 Å². The first-order valence-corrected chi connectivity index (χ1v) is 19.4. The number of fused-ring (bicyclic) bond motifs is 6. The standard InChI is InChI=1S/C55H38N2O/c1-6-18-39(19-7-1)55(40-30-35-54-50(36-40)47-28-16-17-29-53(47)58-54)51-33-31-45(56(41-20-8-2-9-21-41)42-22-10-3-11-23-42)37-48(51)49-38-46(32-34-52(49)55)57(43-24-12-4-13-25-43)44-26-14-5-15-27-44/h1-38H/i1D,6D,7D,18D,19D. The number of rotatable bonds is 8. The summed E-state index contributed by atoms with van der Waals surface area (Å²) >= 11 is 0. The molecular weight excluding hydrogens is 705 g/mol. The average Bonchev–Trinajstić information content (AvgIpc) is 3.85. The van der Waals surface area contributed by atoms with E-state index in [9.17, 15) is 2.74 Å². The lowest BCUT2D eigenvalue weighted by Crippen LogP contribution is -2.28. The Balaban J connectivity index is 1.27. The van der Waals surface area contributed by atoms with Gasteiger partial charge < -0.3 is 14.2 Å². The molecule has 3 nitrogen and oxygen atoms in total. The molecule has 0 bridgehead atoms. The number of hydrogen-bond donors (Lipinski definition) is 0. The Morgan fingerprint density at radius 2 is 0.810 bits per heavy atom. The fraction of sp³-hybridized carbons (Fsp3) is 0.0182. The zero-order valence-electron chi connectivity index (χ0n) is 36.4. The van der Waals surface area contributed by atoms with Crippen molar-refractivity contribution in [3.63, 3.8) is 0 Å². The van der Waals surface area contributed by atoms with Crippen molar-refractivity contribution >= 4 is 56.1 Å². The Hall–Kier alpha value is -7.62. The molecule has 0 aliphatic heterocycles. The summed E-state index contributed by atoms with van der Waals surface area (Å²) in [5.74, 6) is 0. The van der Waals surface area contributed by atoms with Crippen molar-refractivity contribution in [2.45, 2.75) is 5.41 Å². The number of hydrogen-bond acceptors (Lipinski definition) is 3. The van der Waals surface area contributed by atoms with Gasteiger partial charge in [-0.15, -0.1) is 0 Å². The predicted octanol–water partition coefficient (Wildman–Crippen LogP) is 14.9. The van der Waals surface area contributed by atoms with Crippen LogP contribution in [0, 0.1) is 0 Å². The molecule has 0 radical (unpaired) electrons. The van der Waals surface area contributed by atoms with E-state index in [1.165, 1.54) is 0 Å². The third-order valence-corrected chi connectivity index (χ3v) is 11.4. The van der Waals surface area contributed by atoms with Crippen molar-refractivity contribution in [1.82, 2.24) is 0 Å². The molecule has 1 aliphatic rings. The summed E-state index contributed by atoms with van der Waals surface area (Å²) in [7, 11) is 0. The average molecular weight is 748 g/mol. The van der Waals surface area contributed by atoms with E-state index in [0.29, 0.717) is 5.58 Å². The number of anilines is 6. The Labute approximate surface area is 345 Å². The largest absolute Gasteiger partial charge is 0.456 e. The van der Waals surface area contributed by atoms with E-state index in [2.05, 4.69) is 101 Å². The van der Waals surface area contributed by atoms with Gasteiger partial charge in [0, 0.05) is 44.9 Å². The van der Waals surface area contributed by atoms with Crippen molar-refractivity contribution in [2.75, 3.05) is 9.80 Å². The van der Waals surface area contributed by atoms with Gasteiger partial charge in [-0.05, 0) is 124 Å². The molecule has 0 fully saturated rings. The molecule has 11 rings (SSSR count). The minimum atomic E-state index is -1.36. The number of furan rings is 1. The number of nitrogens with zero attached hydrogens (tertiary/aromatic N) is 2. The highest BCUT2D eigenvalue weighted by Gasteiger charge is 2.47. The molecular formula is C55H38N2O. The first kappa shape index (κ1) is 28.7. The summed E-state index contributed by atoms with van der Waals surface area (Å²) in [6.45, 7) is 0. The summed E-state index contributed by atoms with van der Waals surface area (Å²) in [4.78, 5) is 4.44. The van der Waals surface area contributed by atoms with Crippen LogP contribution in [-0.2, 0) is 5.41 Å². The Morgan fingerprint density at radius 1 is 0.362 bits per heavy atom. The zero-order valence-corrected chi connectivity index (χ0v) is 31.4. The van der Waals surface area contributed by atoms with Crippen LogP contribution in [0.25, 0.3) is 33.1 Å². The molecule has 0 saturated heterocycles. The van der Waals surface area contributed by atoms with Crippen LogP contribution < -0.4 is 9.80 Å². The molecule has 9 aromatic carbocycles. The van der Waals surface area contributed by atoms with E-state index in [1.807, 2.05) is 109 Å². The summed E-state index contributed by atoms with van der Waals surface area (Å²) < 4.78 is 52.5. The van der Waals surface area contributed by atoms with Gasteiger partial charge in [0.25, 0.3) is 0 Å². The van der Waals surface area contributed by atoms with E-state index < -0.39 is 11.5 Å². The molecule has 58 heavy (non-hydrogen) atoms. The van der Waals surface area contributed by atoms with Crippen LogP contribution in [0.4, 0.5) is 34.1 Å². The second kappa shape index (κ2) is 13.8. The van der Waals surface area contributed by atoms with E-state index in [4.69, 9.17) is 8.53 Å². The molecule has 0 unspecified atom stereocenters. The van der Waals surface area contributed by atoms with Gasteiger partial charge >= 0.3 is 0 Å². The highest BCUT2D eigenvalue weighted by molar-refractivity contribution is 6.05. The summed E-state index contributed by atoms with van der Waals surface area (Å²) in [5, 5.41) is 1.80. The third-order valence-electron chi connectivity index (χ3n) is 11.4. The lowest BCUT2D eigenvalue weighted by atomic mass is 9.67. The van der Waals surface area contributed by atoms with Crippen molar-refractivity contribution in [3.8, 4) is 11.1 Å². The zero-order chi connectivity index (χ0) is 42.8. The van der Waals surface area contributed by atoms with Crippen LogP contribution in [0.5, 0.6) is 0 Å². The Kier molecular flexibility index (Phi) is 6.86. The minimum absolute atomic E-state index is 0.187. The molecule has 274 valence electrons. The SMILES string of the molecule is [2H]c1c([2H])c([2H])c(C2(c3ccc4oc5ccccc5c4c3)c3ccc(N(c4ccccc4)c4ccccc4)cc3-c3cc(N(c4ccccc4)c4ccccc4)ccc32)c([2H])c1[2H]. The number of benzene rings is 9. The molecule has 3 heteroatoms. The first-order chi connectivity index (χ1) is 30.8. The molecule has 1 aromatic heterocycles. The predicted molar refractivity (Wildman–Crippen MR) is 240 cm³/mol. The van der Waals surface area contributed by atoms with Crippen LogP contribution >= 0.6 is 0 Å². The second-order valence-corrected chi connectivity index (χ2v) is 14.5. The van der Waals surface area contributed by atoms with Crippen molar-refractivity contribution in [1.29, 1.82) is 0 Å². The van der Waals surface area contributed by atoms with Crippen molar-refractivity contribution in [2.24, 2.45) is 0 Å². The maximum Gasteiger partial charge on any atom is 0.135 e. The van der Waals surface area contributed by atoms with Crippen LogP contribution in [0.1, 0.15) is 29.1 Å². The van der Waals surface area contributed by atoms with E-state index in [1.54, 1.807) is 0 Å². The smallest absolute Gasteiger partial charge is 0.135 e. The van der Waals surface area contributed by atoms with Crippen LogP contribution in [-0.4, -0.2) is 0 Å². The lowest BCUT2D eigenvalue weighted by Gasteiger charge is -2.34. The lowest BCUT2D eigenvalue weighted by molar-refractivity contribution is 0.668. The highest BCUT2D eigenvalue weighted by atomic mass is 16.3. The van der Waals surface area contributed by atoms with E-state index in [-0.39, 0.29) is 29.7 Å². The number of para-hydroxylation sites is 5. The first-order valence-electron chi connectivity index (χ1n) is 21.9. The molecule has 0 saturated carbocycles. The van der Waals surface area contributed by atoms with Crippen molar-refractivity contribution < 1.29 is 11.3 Å². The van der Waals surface area contributed by atoms with E-state index >= 15 is 0 Å². The molecule has 0 amide bonds. The molecule has 0 N–H and O–H groups in total. The maximum atomic E-state index is 9.68. The van der Waals surface area contributed by atoms with Gasteiger partial charge in [0.05, 0.1) is 12.3 Å². The van der Waals surface area contributed by atoms with Gasteiger partial charge in [-0.2, -0.15) is 0 Å². The minimum Gasteiger partial charge on any atom is -0.456 e. The van der Waals surface area contributed by atoms with Crippen LogP contribution in [0.2, 0.25) is 0 Å². The highest BCUT2D eigenvalue weighted by Crippen LogP contribution is 2.58. The van der Waals surface area contributed by atoms with E-state index in [0.717, 1.165) is 78.3 Å². The van der Waals surface area contributed by atoms with Gasteiger partial charge in [-0.1, -0.05) is 139 Å². The van der Waals surface area contributed by atoms with Gasteiger partial charge in [-0.3, -0.25) is 0 Å². The Bertz CT molecular complexity index is 3120. The second-order valence-electron chi connectivity index (χ2n) is 14.5. The molecule has 10 aromatic rings. The van der Waals surface area contributed by atoms with Gasteiger partial charge in [-0.25, -0.2) is 0 Å². The van der Waals surface area contributed by atoms with Gasteiger partial charge in [0.1, 0.15) is 11.2 Å². The summed E-state index contributed by atoms with van der Waals surface area (Å²) in [6, 6.07) is 65.9. The molecule has 0 spiro atoms. The Morgan fingerprint density at radius 3 is 1.31 bits per heavy atom. The fourth-order valence-corrected chi connectivity index (χ4v) is 8.91.